The molecular weight excluding hydrogens is 485 g/mol. The number of oxazole rings is 1. The first-order valence-electron chi connectivity index (χ1n) is 9.10. The Hall–Kier alpha value is -1.94. The van der Waals surface area contributed by atoms with E-state index < -0.39 is 0 Å². The van der Waals surface area contributed by atoms with E-state index in [1.807, 2.05) is 37.3 Å². The number of rotatable bonds is 8. The topological polar surface area (TPSA) is 75.3 Å². The van der Waals surface area contributed by atoms with E-state index in [1.54, 1.807) is 24.6 Å². The minimum atomic E-state index is 0. The number of aryl methyl sites for hydroxylation is 2. The summed E-state index contributed by atoms with van der Waals surface area (Å²) in [6.45, 7) is 3.47. The van der Waals surface area contributed by atoms with Crippen LogP contribution in [-0.2, 0) is 13.0 Å². The number of aromatic nitrogens is 2. The highest BCUT2D eigenvalue weighted by molar-refractivity contribution is 14.0. The van der Waals surface area contributed by atoms with E-state index in [0.717, 1.165) is 48.7 Å². The summed E-state index contributed by atoms with van der Waals surface area (Å²) in [6.07, 6.45) is 4.90. The lowest BCUT2D eigenvalue weighted by Gasteiger charge is -2.10. The Morgan fingerprint density at radius 1 is 1.14 bits per heavy atom. The molecule has 3 rings (SSSR count). The number of unbranched alkanes of at least 4 members (excludes halogenated alkanes) is 1. The molecule has 1 aromatic carbocycles. The van der Waals surface area contributed by atoms with Crippen molar-refractivity contribution in [2.24, 2.45) is 4.99 Å². The lowest BCUT2D eigenvalue weighted by molar-refractivity contribution is 0.572. The van der Waals surface area contributed by atoms with Gasteiger partial charge in [0, 0.05) is 30.2 Å². The standard InChI is InChI=1S/C20H25N5OS.HI/c1-15-14-27-18(24-15)10-6-7-11-22-20(21-2)23-12-17-13-26-19(25-17)16-8-4-3-5-9-16;/h3-5,8-9,13-14H,6-7,10-12H2,1-2H3,(H2,21,22,23);1H. The molecule has 0 aliphatic heterocycles. The molecule has 8 heteroatoms. The highest BCUT2D eigenvalue weighted by atomic mass is 127. The van der Waals surface area contributed by atoms with E-state index >= 15 is 0 Å². The molecule has 6 nitrogen and oxygen atoms in total. The van der Waals surface area contributed by atoms with E-state index in [-0.39, 0.29) is 24.0 Å². The summed E-state index contributed by atoms with van der Waals surface area (Å²) in [5.74, 6) is 1.40. The average Bonchev–Trinajstić information content (AvgIpc) is 3.34. The Morgan fingerprint density at radius 3 is 2.68 bits per heavy atom. The first-order chi connectivity index (χ1) is 13.2. The van der Waals surface area contributed by atoms with Gasteiger partial charge in [-0.3, -0.25) is 4.99 Å². The van der Waals surface area contributed by atoms with Gasteiger partial charge in [0.05, 0.1) is 17.2 Å². The first kappa shape index (κ1) is 22.4. The molecule has 0 saturated heterocycles. The zero-order chi connectivity index (χ0) is 18.9. The van der Waals surface area contributed by atoms with Gasteiger partial charge in [-0.25, -0.2) is 9.97 Å². The van der Waals surface area contributed by atoms with Crippen LogP contribution in [0.4, 0.5) is 0 Å². The fourth-order valence-corrected chi connectivity index (χ4v) is 3.44. The Balaban J connectivity index is 0.00000280. The molecule has 2 N–H and O–H groups in total. The quantitative estimate of drug-likeness (QED) is 0.203. The van der Waals surface area contributed by atoms with Crippen molar-refractivity contribution in [3.05, 3.63) is 58.4 Å². The molecule has 0 atom stereocenters. The van der Waals surface area contributed by atoms with Crippen molar-refractivity contribution in [3.8, 4) is 11.5 Å². The summed E-state index contributed by atoms with van der Waals surface area (Å²) >= 11 is 1.74. The molecule has 0 aliphatic rings. The first-order valence-corrected chi connectivity index (χ1v) is 9.98. The molecule has 2 heterocycles. The van der Waals surface area contributed by atoms with Crippen LogP contribution in [0.25, 0.3) is 11.5 Å². The van der Waals surface area contributed by atoms with E-state index in [9.17, 15) is 0 Å². The average molecular weight is 511 g/mol. The van der Waals surface area contributed by atoms with E-state index in [4.69, 9.17) is 4.42 Å². The van der Waals surface area contributed by atoms with Gasteiger partial charge in [0.2, 0.25) is 5.89 Å². The van der Waals surface area contributed by atoms with Crippen molar-refractivity contribution in [2.45, 2.75) is 32.7 Å². The summed E-state index contributed by atoms with van der Waals surface area (Å²) in [5.41, 5.74) is 2.93. The third-order valence-electron chi connectivity index (χ3n) is 4.01. The van der Waals surface area contributed by atoms with Crippen molar-refractivity contribution in [3.63, 3.8) is 0 Å². The molecule has 0 aliphatic carbocycles. The van der Waals surface area contributed by atoms with Crippen LogP contribution in [0.3, 0.4) is 0 Å². The van der Waals surface area contributed by atoms with Crippen molar-refractivity contribution in [1.29, 1.82) is 0 Å². The Labute approximate surface area is 186 Å². The second-order valence-corrected chi connectivity index (χ2v) is 7.14. The molecule has 0 fully saturated rings. The van der Waals surface area contributed by atoms with Crippen LogP contribution in [-0.4, -0.2) is 29.5 Å². The Morgan fingerprint density at radius 2 is 1.96 bits per heavy atom. The van der Waals surface area contributed by atoms with Crippen molar-refractivity contribution < 1.29 is 4.42 Å². The number of guanidine groups is 1. The zero-order valence-corrected chi connectivity index (χ0v) is 19.3. The third kappa shape index (κ3) is 6.90. The number of benzene rings is 1. The minimum Gasteiger partial charge on any atom is -0.444 e. The zero-order valence-electron chi connectivity index (χ0n) is 16.1. The second-order valence-electron chi connectivity index (χ2n) is 6.20. The number of hydrogen-bond acceptors (Lipinski definition) is 5. The van der Waals surface area contributed by atoms with Crippen LogP contribution in [0, 0.1) is 6.92 Å². The molecule has 0 unspecified atom stereocenters. The smallest absolute Gasteiger partial charge is 0.226 e. The maximum Gasteiger partial charge on any atom is 0.226 e. The van der Waals surface area contributed by atoms with Gasteiger partial charge in [-0.2, -0.15) is 0 Å². The van der Waals surface area contributed by atoms with Gasteiger partial charge in [0.15, 0.2) is 5.96 Å². The maximum atomic E-state index is 5.56. The predicted octanol–water partition coefficient (Wildman–Crippen LogP) is 4.41. The summed E-state index contributed by atoms with van der Waals surface area (Å²) < 4.78 is 5.56. The number of thiazole rings is 1. The van der Waals surface area contributed by atoms with Crippen molar-refractivity contribution in [2.75, 3.05) is 13.6 Å². The lowest BCUT2D eigenvalue weighted by atomic mass is 10.2. The van der Waals surface area contributed by atoms with Gasteiger partial charge >= 0.3 is 0 Å². The van der Waals surface area contributed by atoms with Crippen molar-refractivity contribution >= 4 is 41.3 Å². The highest BCUT2D eigenvalue weighted by Crippen LogP contribution is 2.17. The van der Waals surface area contributed by atoms with Crippen LogP contribution in [0.2, 0.25) is 0 Å². The Bertz CT molecular complexity index is 862. The van der Waals surface area contributed by atoms with Gasteiger partial charge in [0.1, 0.15) is 6.26 Å². The summed E-state index contributed by atoms with van der Waals surface area (Å²) in [6, 6.07) is 9.88. The summed E-state index contributed by atoms with van der Waals surface area (Å²) in [7, 11) is 1.77. The number of nitrogens with zero attached hydrogens (tertiary/aromatic N) is 3. The minimum absolute atomic E-state index is 0. The number of nitrogens with one attached hydrogen (secondary N) is 2. The molecule has 0 amide bonds. The van der Waals surface area contributed by atoms with Crippen LogP contribution >= 0.6 is 35.3 Å². The van der Waals surface area contributed by atoms with E-state index in [0.29, 0.717) is 12.4 Å². The fourth-order valence-electron chi connectivity index (χ4n) is 2.62. The summed E-state index contributed by atoms with van der Waals surface area (Å²) in [5, 5.41) is 9.92. The molecule has 0 spiro atoms. The predicted molar refractivity (Wildman–Crippen MR) is 125 cm³/mol. The monoisotopic (exact) mass is 511 g/mol. The SMILES string of the molecule is CN=C(NCCCCc1nc(C)cs1)NCc1coc(-c2ccccc2)n1.I. The molecule has 0 radical (unpaired) electrons. The van der Waals surface area contributed by atoms with Gasteiger partial charge < -0.3 is 15.1 Å². The van der Waals surface area contributed by atoms with Crippen LogP contribution in [0.5, 0.6) is 0 Å². The van der Waals surface area contributed by atoms with Gasteiger partial charge in [-0.15, -0.1) is 35.3 Å². The molecular formula is C20H26IN5OS. The number of aliphatic imine (C=N–C) groups is 1. The maximum absolute atomic E-state index is 5.56. The molecule has 0 bridgehead atoms. The normalized spacial score (nSPS) is 11.1. The van der Waals surface area contributed by atoms with E-state index in [1.165, 1.54) is 5.01 Å². The second kappa shape index (κ2) is 11.8. The molecule has 3 aromatic rings. The van der Waals surface area contributed by atoms with Gasteiger partial charge in [-0.05, 0) is 38.3 Å². The fraction of sp³-hybridized carbons (Fsp3) is 0.350. The van der Waals surface area contributed by atoms with Crippen LogP contribution in [0.15, 0.2) is 51.4 Å². The van der Waals surface area contributed by atoms with Crippen LogP contribution < -0.4 is 10.6 Å². The number of halogens is 1. The molecule has 28 heavy (non-hydrogen) atoms. The highest BCUT2D eigenvalue weighted by Gasteiger charge is 2.07. The van der Waals surface area contributed by atoms with Gasteiger partial charge in [0.25, 0.3) is 0 Å². The number of hydrogen-bond donors (Lipinski definition) is 2. The molecule has 0 saturated carbocycles. The lowest BCUT2D eigenvalue weighted by Crippen LogP contribution is -2.37. The van der Waals surface area contributed by atoms with Gasteiger partial charge in [-0.1, -0.05) is 18.2 Å². The summed E-state index contributed by atoms with van der Waals surface area (Å²) in [4.78, 5) is 13.3. The molecule has 150 valence electrons. The largest absolute Gasteiger partial charge is 0.444 e. The Kier molecular flexibility index (Phi) is 9.42. The van der Waals surface area contributed by atoms with Crippen molar-refractivity contribution in [1.82, 2.24) is 20.6 Å². The molecule has 2 aromatic heterocycles. The van der Waals surface area contributed by atoms with Crippen LogP contribution in [0.1, 0.15) is 29.2 Å². The van der Waals surface area contributed by atoms with E-state index in [2.05, 4.69) is 31.0 Å². The third-order valence-corrected chi connectivity index (χ3v) is 5.04.